The van der Waals surface area contributed by atoms with Gasteiger partial charge >= 0.3 is 102 Å². The maximum absolute atomic E-state index is 4.13. The van der Waals surface area contributed by atoms with E-state index in [2.05, 4.69) is 72.6 Å². The fraction of sp³-hybridized carbons (Fsp3) is 0.429. The Labute approximate surface area is 126 Å². The summed E-state index contributed by atoms with van der Waals surface area (Å²) in [6.07, 6.45) is 16.1. The average molecular weight is 371 g/mol. The minimum atomic E-state index is -4.13. The molecule has 0 saturated carbocycles. The van der Waals surface area contributed by atoms with Crippen molar-refractivity contribution < 1.29 is 8.93 Å². The van der Waals surface area contributed by atoms with Crippen molar-refractivity contribution in [3.05, 3.63) is 44.2 Å². The van der Waals surface area contributed by atoms with E-state index in [4.69, 9.17) is 0 Å². The van der Waals surface area contributed by atoms with Crippen LogP contribution in [-0.4, -0.2) is 15.3 Å². The predicted molar refractivity (Wildman–Crippen MR) is 98.7 cm³/mol. The molecule has 5 heteroatoms. The van der Waals surface area contributed by atoms with Crippen molar-refractivity contribution in [1.29, 1.82) is 0 Å². The van der Waals surface area contributed by atoms with E-state index in [9.17, 15) is 0 Å². The van der Waals surface area contributed by atoms with Gasteiger partial charge in [0, 0.05) is 0 Å². The monoisotopic (exact) mass is 370 g/mol. The van der Waals surface area contributed by atoms with Gasteiger partial charge in [-0.2, -0.15) is 0 Å². The van der Waals surface area contributed by atoms with Crippen LogP contribution in [0.15, 0.2) is 44.2 Å². The molecule has 0 aromatic rings. The summed E-state index contributed by atoms with van der Waals surface area (Å²) < 4.78 is 3.34. The standard InChI is InChI=1S/2C5H5.4CH3.2ClH.2H2Si.Ti/c2*1-2-4-5-3-1;;;;;;;;;/h2*1-3H,4H2;4*1H3;2*1H;2*1H2;. The molecule has 0 nitrogen and oxygen atoms in total. The van der Waals surface area contributed by atoms with Gasteiger partial charge in [-0.1, -0.05) is 0 Å². The van der Waals surface area contributed by atoms with Crippen molar-refractivity contribution in [2.75, 3.05) is 0 Å². The molecule has 2 rings (SSSR count). The molecular weight excluding hydrogens is 343 g/mol. The third-order valence-electron chi connectivity index (χ3n) is 5.34. The third kappa shape index (κ3) is 2.86. The summed E-state index contributed by atoms with van der Waals surface area (Å²) in [4.78, 5) is 0. The molecule has 0 bridgehead atoms. The molecule has 0 aromatic heterocycles. The molecule has 0 heterocycles. The normalized spacial score (nSPS) is 25.7. The Morgan fingerprint density at radius 2 is 1.11 bits per heavy atom. The van der Waals surface area contributed by atoms with E-state index in [1.807, 2.05) is 0 Å². The van der Waals surface area contributed by atoms with Crippen molar-refractivity contribution in [3.8, 4) is 0 Å². The Morgan fingerprint density at radius 3 is 1.32 bits per heavy atom. The number of rotatable bonds is 2. The SMILES string of the molecule is Cl.Cl.[CH3][Ti]([CH3])([CH3])([CH3])(=[SiH2])(=[SiH2])([C]1=CC=CC1)[C]1=CC=CC1. The Balaban J connectivity index is 0.00000162. The van der Waals surface area contributed by atoms with E-state index in [1.54, 1.807) is 7.76 Å². The molecule has 19 heavy (non-hydrogen) atoms. The van der Waals surface area contributed by atoms with Gasteiger partial charge in [0.15, 0.2) is 0 Å². The minimum absolute atomic E-state index is 0. The summed E-state index contributed by atoms with van der Waals surface area (Å²) in [6.45, 7) is 0. The van der Waals surface area contributed by atoms with Gasteiger partial charge in [0.25, 0.3) is 0 Å². The molecule has 0 radical (unpaired) electrons. The van der Waals surface area contributed by atoms with E-state index in [0.29, 0.717) is 0 Å². The molecule has 0 N–H and O–H groups in total. The van der Waals surface area contributed by atoms with Crippen LogP contribution in [0, 0.1) is 0 Å². The molecule has 0 atom stereocenters. The molecule has 0 aliphatic heterocycles. The second-order valence-corrected chi connectivity index (χ2v) is 78.8. The van der Waals surface area contributed by atoms with Crippen molar-refractivity contribution in [2.45, 2.75) is 33.8 Å². The maximum atomic E-state index is 2.60. The zero-order chi connectivity index (χ0) is 13.2. The summed E-state index contributed by atoms with van der Waals surface area (Å²) in [5, 5.41) is 10.4. The van der Waals surface area contributed by atoms with Crippen LogP contribution in [-0.2, 0) is 8.93 Å². The Bertz CT molecular complexity index is 742. The summed E-state index contributed by atoms with van der Waals surface area (Å²) in [6, 6.07) is 0. The first kappa shape index (κ1) is 19.7. The number of halogens is 2. The van der Waals surface area contributed by atoms with E-state index in [-0.39, 0.29) is 24.8 Å². The Hall–Kier alpha value is 0.688. The van der Waals surface area contributed by atoms with Crippen LogP contribution in [0.25, 0.3) is 0 Å². The van der Waals surface area contributed by atoms with Crippen molar-refractivity contribution in [2.24, 2.45) is 0 Å². The van der Waals surface area contributed by atoms with Crippen LogP contribution in [0.3, 0.4) is 0 Å². The zero-order valence-corrected chi connectivity index (χ0v) is 18.6. The van der Waals surface area contributed by atoms with Gasteiger partial charge in [-0.3, -0.25) is 0 Å². The molecule has 2 aliphatic carbocycles. The molecular formula is C14H28Cl2Si2Ti. The number of allylic oxidation sites excluding steroid dienone is 8. The fourth-order valence-corrected chi connectivity index (χ4v) is 15.8. The van der Waals surface area contributed by atoms with Gasteiger partial charge in [0.05, 0.1) is 0 Å². The topological polar surface area (TPSA) is 0 Å². The van der Waals surface area contributed by atoms with Gasteiger partial charge in [0.2, 0.25) is 0 Å². The second kappa shape index (κ2) is 3.21. The van der Waals surface area contributed by atoms with E-state index < -0.39 is 8.93 Å². The van der Waals surface area contributed by atoms with Crippen molar-refractivity contribution in [1.82, 2.24) is 0 Å². The van der Waals surface area contributed by atoms with Gasteiger partial charge < -0.3 is 0 Å². The van der Waals surface area contributed by atoms with Crippen LogP contribution in [0.2, 0.25) is 20.9 Å². The molecule has 0 amide bonds. The van der Waals surface area contributed by atoms with Gasteiger partial charge in [-0.25, -0.2) is 0 Å². The molecule has 0 aromatic carbocycles. The summed E-state index contributed by atoms with van der Waals surface area (Å²) in [5.41, 5.74) is 0. The predicted octanol–water partition coefficient (Wildman–Crippen LogP) is 4.10. The van der Waals surface area contributed by atoms with Gasteiger partial charge in [0.1, 0.15) is 0 Å². The molecule has 110 valence electrons. The zero-order valence-electron chi connectivity index (χ0n) is 12.6. The van der Waals surface area contributed by atoms with Crippen LogP contribution in [0.1, 0.15) is 12.8 Å². The van der Waals surface area contributed by atoms with Crippen molar-refractivity contribution in [3.63, 3.8) is 0 Å². The summed E-state index contributed by atoms with van der Waals surface area (Å²) in [7, 11) is 0.499. The number of hydrogen-bond donors (Lipinski definition) is 0. The first-order valence-electron chi connectivity index (χ1n) is 6.64. The van der Waals surface area contributed by atoms with Crippen LogP contribution >= 0.6 is 24.8 Å². The molecule has 0 saturated heterocycles. The average Bonchev–Trinajstić information content (AvgIpc) is 2.76. The van der Waals surface area contributed by atoms with E-state index in [1.165, 1.54) is 0 Å². The first-order valence-corrected chi connectivity index (χ1v) is 22.5. The van der Waals surface area contributed by atoms with Gasteiger partial charge in [-0.05, 0) is 0 Å². The summed E-state index contributed by atoms with van der Waals surface area (Å²) in [5.74, 6) is 0. The molecule has 2 aliphatic rings. The van der Waals surface area contributed by atoms with E-state index >= 15 is 0 Å². The summed E-state index contributed by atoms with van der Waals surface area (Å²) >= 11 is 0. The second-order valence-electron chi connectivity index (χ2n) is 11.6. The third-order valence-corrected chi connectivity index (χ3v) is 25.9. The van der Waals surface area contributed by atoms with Crippen LogP contribution in [0.4, 0.5) is 0 Å². The first-order chi connectivity index (χ1) is 7.16. The Morgan fingerprint density at radius 1 is 0.789 bits per heavy atom. The molecule has 0 unspecified atom stereocenters. The van der Waals surface area contributed by atoms with Crippen molar-refractivity contribution >= 4 is 40.1 Å². The van der Waals surface area contributed by atoms with Crippen LogP contribution < -0.4 is 0 Å². The Kier molecular flexibility index (Phi) is 3.32. The quantitative estimate of drug-likeness (QED) is 0.641. The fourth-order valence-electron chi connectivity index (χ4n) is 3.29. The van der Waals surface area contributed by atoms with Crippen LogP contribution in [0.5, 0.6) is 0 Å². The molecule has 0 spiro atoms. The van der Waals surface area contributed by atoms with Gasteiger partial charge in [-0.15, -0.1) is 24.8 Å². The number of hydrogen-bond acceptors (Lipinski definition) is 0. The molecule has 0 fully saturated rings. The van der Waals surface area contributed by atoms with E-state index in [0.717, 1.165) is 12.8 Å².